The molecule has 0 heterocycles. The standard InChI is InChI=1S/C10H5F5O2/c11-5-2-1-3-6(12)9(5)7(16)4-8(17)10(13,14)15/h1-3H,4H2. The summed E-state index contributed by atoms with van der Waals surface area (Å²) >= 11 is 0. The predicted octanol–water partition coefficient (Wildman–Crippen LogP) is 2.67. The van der Waals surface area contributed by atoms with E-state index in [0.29, 0.717) is 12.1 Å². The summed E-state index contributed by atoms with van der Waals surface area (Å²) in [6.07, 6.45) is -6.81. The van der Waals surface area contributed by atoms with E-state index in [1.807, 2.05) is 0 Å². The Balaban J connectivity index is 2.96. The molecule has 0 saturated carbocycles. The number of benzene rings is 1. The summed E-state index contributed by atoms with van der Waals surface area (Å²) in [6.45, 7) is 0. The van der Waals surface area contributed by atoms with Gasteiger partial charge >= 0.3 is 6.18 Å². The van der Waals surface area contributed by atoms with Crippen molar-refractivity contribution in [3.8, 4) is 0 Å². The summed E-state index contributed by atoms with van der Waals surface area (Å²) in [5.74, 6) is -6.48. The molecule has 0 atom stereocenters. The van der Waals surface area contributed by atoms with Gasteiger partial charge in [-0.2, -0.15) is 13.2 Å². The fourth-order valence-electron chi connectivity index (χ4n) is 1.10. The van der Waals surface area contributed by atoms with Crippen LogP contribution in [0.5, 0.6) is 0 Å². The van der Waals surface area contributed by atoms with Crippen LogP contribution < -0.4 is 0 Å². The van der Waals surface area contributed by atoms with E-state index in [1.165, 1.54) is 0 Å². The Labute approximate surface area is 92.0 Å². The van der Waals surface area contributed by atoms with Crippen LogP contribution in [0.4, 0.5) is 22.0 Å². The molecule has 1 aromatic rings. The number of hydrogen-bond acceptors (Lipinski definition) is 2. The Morgan fingerprint density at radius 1 is 1.06 bits per heavy atom. The highest BCUT2D eigenvalue weighted by atomic mass is 19.4. The first kappa shape index (κ1) is 13.3. The Kier molecular flexibility index (Phi) is 3.59. The van der Waals surface area contributed by atoms with E-state index in [-0.39, 0.29) is 0 Å². The molecular weight excluding hydrogens is 247 g/mol. The largest absolute Gasteiger partial charge is 0.450 e. The lowest BCUT2D eigenvalue weighted by molar-refractivity contribution is -0.170. The first-order valence-electron chi connectivity index (χ1n) is 4.30. The van der Waals surface area contributed by atoms with Crippen LogP contribution in [-0.4, -0.2) is 17.7 Å². The Bertz CT molecular complexity index is 444. The molecule has 0 fully saturated rings. The number of alkyl halides is 3. The van der Waals surface area contributed by atoms with Crippen molar-refractivity contribution < 1.29 is 31.5 Å². The predicted molar refractivity (Wildman–Crippen MR) is 46.4 cm³/mol. The van der Waals surface area contributed by atoms with Crippen molar-refractivity contribution in [2.45, 2.75) is 12.6 Å². The molecule has 0 saturated heterocycles. The fourth-order valence-corrected chi connectivity index (χ4v) is 1.10. The van der Waals surface area contributed by atoms with Crippen LogP contribution in [0.15, 0.2) is 18.2 Å². The lowest BCUT2D eigenvalue weighted by Gasteiger charge is -2.05. The minimum absolute atomic E-state index is 0.717. The second-order valence-electron chi connectivity index (χ2n) is 3.12. The SMILES string of the molecule is O=C(CC(=O)C(F)(F)F)c1c(F)cccc1F. The molecule has 0 N–H and O–H groups in total. The molecule has 0 aliphatic rings. The van der Waals surface area contributed by atoms with Gasteiger partial charge in [-0.1, -0.05) is 6.07 Å². The van der Waals surface area contributed by atoms with Crippen LogP contribution in [0.3, 0.4) is 0 Å². The van der Waals surface area contributed by atoms with Crippen molar-refractivity contribution in [3.05, 3.63) is 35.4 Å². The molecule has 0 unspecified atom stereocenters. The van der Waals surface area contributed by atoms with Gasteiger partial charge in [-0.25, -0.2) is 8.78 Å². The molecule has 0 aromatic heterocycles. The summed E-state index contributed by atoms with van der Waals surface area (Å²) < 4.78 is 61.5. The molecule has 1 rings (SSSR count). The zero-order chi connectivity index (χ0) is 13.2. The van der Waals surface area contributed by atoms with Gasteiger partial charge in [0.15, 0.2) is 5.78 Å². The molecular formula is C10H5F5O2. The number of rotatable bonds is 3. The molecule has 92 valence electrons. The van der Waals surface area contributed by atoms with E-state index >= 15 is 0 Å². The number of hydrogen-bond donors (Lipinski definition) is 0. The normalized spacial score (nSPS) is 11.4. The van der Waals surface area contributed by atoms with Crippen molar-refractivity contribution in [3.63, 3.8) is 0 Å². The summed E-state index contributed by atoms with van der Waals surface area (Å²) in [5, 5.41) is 0. The molecule has 0 amide bonds. The highest BCUT2D eigenvalue weighted by Gasteiger charge is 2.39. The number of ketones is 2. The average molecular weight is 252 g/mol. The van der Waals surface area contributed by atoms with Crippen molar-refractivity contribution >= 4 is 11.6 Å². The zero-order valence-electron chi connectivity index (χ0n) is 8.15. The molecule has 2 nitrogen and oxygen atoms in total. The van der Waals surface area contributed by atoms with Crippen LogP contribution in [0.2, 0.25) is 0 Å². The van der Waals surface area contributed by atoms with Crippen LogP contribution in [0, 0.1) is 11.6 Å². The molecule has 0 spiro atoms. The van der Waals surface area contributed by atoms with E-state index in [4.69, 9.17) is 0 Å². The Morgan fingerprint density at radius 3 is 1.94 bits per heavy atom. The van der Waals surface area contributed by atoms with Gasteiger partial charge in [0.2, 0.25) is 5.78 Å². The van der Waals surface area contributed by atoms with E-state index in [0.717, 1.165) is 6.07 Å². The first-order valence-corrected chi connectivity index (χ1v) is 4.30. The van der Waals surface area contributed by atoms with Crippen molar-refractivity contribution in [1.29, 1.82) is 0 Å². The quantitative estimate of drug-likeness (QED) is 0.471. The highest BCUT2D eigenvalue weighted by molar-refractivity contribution is 6.09. The fraction of sp³-hybridized carbons (Fsp3) is 0.200. The molecule has 7 heteroatoms. The molecule has 0 radical (unpaired) electrons. The maximum atomic E-state index is 13.0. The maximum Gasteiger partial charge on any atom is 0.450 e. The molecule has 17 heavy (non-hydrogen) atoms. The summed E-state index contributed by atoms with van der Waals surface area (Å²) in [5.41, 5.74) is -1.13. The average Bonchev–Trinajstić information content (AvgIpc) is 2.15. The summed E-state index contributed by atoms with van der Waals surface area (Å²) in [7, 11) is 0. The van der Waals surface area contributed by atoms with Gasteiger partial charge in [0, 0.05) is 0 Å². The van der Waals surface area contributed by atoms with E-state index in [1.54, 1.807) is 0 Å². The number of carbonyl (C=O) groups excluding carboxylic acids is 2. The van der Waals surface area contributed by atoms with Gasteiger partial charge in [0.05, 0.1) is 12.0 Å². The third-order valence-corrected chi connectivity index (χ3v) is 1.88. The monoisotopic (exact) mass is 252 g/mol. The first-order chi connectivity index (χ1) is 7.73. The molecule has 1 aromatic carbocycles. The van der Waals surface area contributed by atoms with Crippen LogP contribution in [0.1, 0.15) is 16.8 Å². The lowest BCUT2D eigenvalue weighted by atomic mass is 10.0. The van der Waals surface area contributed by atoms with Crippen LogP contribution >= 0.6 is 0 Å². The van der Waals surface area contributed by atoms with Crippen molar-refractivity contribution in [2.24, 2.45) is 0 Å². The zero-order valence-corrected chi connectivity index (χ0v) is 8.15. The third-order valence-electron chi connectivity index (χ3n) is 1.88. The van der Waals surface area contributed by atoms with Gasteiger partial charge in [-0.15, -0.1) is 0 Å². The van der Waals surface area contributed by atoms with Crippen LogP contribution in [-0.2, 0) is 4.79 Å². The lowest BCUT2D eigenvalue weighted by Crippen LogP contribution is -2.26. The smallest absolute Gasteiger partial charge is 0.293 e. The minimum atomic E-state index is -5.20. The van der Waals surface area contributed by atoms with E-state index in [2.05, 4.69) is 0 Å². The van der Waals surface area contributed by atoms with E-state index in [9.17, 15) is 31.5 Å². The maximum absolute atomic E-state index is 13.0. The van der Waals surface area contributed by atoms with E-state index < -0.39 is 41.4 Å². The second kappa shape index (κ2) is 4.60. The summed E-state index contributed by atoms with van der Waals surface area (Å²) in [6, 6.07) is 2.38. The van der Waals surface area contributed by atoms with Crippen LogP contribution in [0.25, 0.3) is 0 Å². The molecule has 0 aliphatic heterocycles. The number of halogens is 5. The summed E-state index contributed by atoms with van der Waals surface area (Å²) in [4.78, 5) is 21.6. The van der Waals surface area contributed by atoms with Gasteiger partial charge in [0.25, 0.3) is 0 Å². The van der Waals surface area contributed by atoms with Gasteiger partial charge in [-0.05, 0) is 12.1 Å². The third kappa shape index (κ3) is 3.08. The topological polar surface area (TPSA) is 34.1 Å². The number of carbonyl (C=O) groups is 2. The van der Waals surface area contributed by atoms with Crippen molar-refractivity contribution in [1.82, 2.24) is 0 Å². The molecule has 0 aliphatic carbocycles. The van der Waals surface area contributed by atoms with Gasteiger partial charge in [0.1, 0.15) is 11.6 Å². The van der Waals surface area contributed by atoms with Crippen molar-refractivity contribution in [2.75, 3.05) is 0 Å². The minimum Gasteiger partial charge on any atom is -0.293 e. The Hall–Kier alpha value is -1.79. The van der Waals surface area contributed by atoms with Gasteiger partial charge < -0.3 is 0 Å². The number of Topliss-reactive ketones (excluding diaryl/α,β-unsaturated/α-hetero) is 2. The molecule has 0 bridgehead atoms. The second-order valence-corrected chi connectivity index (χ2v) is 3.12. The highest BCUT2D eigenvalue weighted by Crippen LogP contribution is 2.21. The Morgan fingerprint density at radius 2 is 1.53 bits per heavy atom. The van der Waals surface area contributed by atoms with Gasteiger partial charge in [-0.3, -0.25) is 9.59 Å².